The Balaban J connectivity index is 0.00000162. The van der Waals surface area contributed by atoms with E-state index in [4.69, 9.17) is 4.74 Å². The summed E-state index contributed by atoms with van der Waals surface area (Å²) in [6, 6.07) is 0.278. The normalized spacial score (nSPS) is 32.8. The Morgan fingerprint density at radius 2 is 2.28 bits per heavy atom. The van der Waals surface area contributed by atoms with Crippen molar-refractivity contribution in [3.05, 3.63) is 0 Å². The summed E-state index contributed by atoms with van der Waals surface area (Å²) in [5.74, 6) is 0.516. The summed E-state index contributed by atoms with van der Waals surface area (Å²) >= 11 is 0. The first-order valence-corrected chi connectivity index (χ1v) is 6.85. The van der Waals surface area contributed by atoms with Gasteiger partial charge < -0.3 is 15.0 Å². The molecule has 0 aromatic carbocycles. The van der Waals surface area contributed by atoms with Gasteiger partial charge in [-0.25, -0.2) is 0 Å². The molecule has 2 unspecified atom stereocenters. The Bertz CT molecular complexity index is 270. The third-order valence-electron chi connectivity index (χ3n) is 3.87. The molecule has 106 valence electrons. The maximum Gasteiger partial charge on any atom is 0.227 e. The van der Waals surface area contributed by atoms with Gasteiger partial charge in [-0.1, -0.05) is 6.92 Å². The van der Waals surface area contributed by atoms with Crippen LogP contribution in [-0.4, -0.2) is 49.2 Å². The van der Waals surface area contributed by atoms with Gasteiger partial charge >= 0.3 is 0 Å². The Morgan fingerprint density at radius 3 is 2.89 bits per heavy atom. The number of rotatable bonds is 2. The van der Waals surface area contributed by atoms with Crippen molar-refractivity contribution >= 4 is 18.3 Å². The first kappa shape index (κ1) is 15.7. The molecule has 4 nitrogen and oxygen atoms in total. The zero-order chi connectivity index (χ0) is 12.3. The van der Waals surface area contributed by atoms with Crippen LogP contribution in [0.2, 0.25) is 0 Å². The Hall–Kier alpha value is -0.320. The molecule has 0 aromatic rings. The fourth-order valence-electron chi connectivity index (χ4n) is 2.75. The van der Waals surface area contributed by atoms with E-state index in [0.29, 0.717) is 12.5 Å². The molecule has 1 amide bonds. The van der Waals surface area contributed by atoms with E-state index in [9.17, 15) is 4.79 Å². The topological polar surface area (TPSA) is 41.6 Å². The van der Waals surface area contributed by atoms with Crippen molar-refractivity contribution in [2.45, 2.75) is 45.3 Å². The molecule has 1 N–H and O–H groups in total. The van der Waals surface area contributed by atoms with Crippen LogP contribution in [0.25, 0.3) is 0 Å². The molecule has 0 bridgehead atoms. The lowest BCUT2D eigenvalue weighted by molar-refractivity contribution is -0.149. The summed E-state index contributed by atoms with van der Waals surface area (Å²) in [5, 5.41) is 3.32. The van der Waals surface area contributed by atoms with E-state index in [1.807, 2.05) is 6.92 Å². The first-order valence-electron chi connectivity index (χ1n) is 6.85. The maximum absolute atomic E-state index is 12.5. The minimum Gasteiger partial charge on any atom is -0.375 e. The van der Waals surface area contributed by atoms with Gasteiger partial charge in [0.15, 0.2) is 0 Å². The number of nitrogens with zero attached hydrogens (tertiary/aromatic N) is 1. The number of amides is 1. The molecule has 0 aromatic heterocycles. The monoisotopic (exact) mass is 276 g/mol. The van der Waals surface area contributed by atoms with Gasteiger partial charge in [0.1, 0.15) is 0 Å². The lowest BCUT2D eigenvalue weighted by Gasteiger charge is -2.40. The highest BCUT2D eigenvalue weighted by molar-refractivity contribution is 5.85. The first-order chi connectivity index (χ1) is 8.22. The van der Waals surface area contributed by atoms with E-state index < -0.39 is 0 Å². The van der Waals surface area contributed by atoms with Crippen LogP contribution in [0.1, 0.15) is 33.1 Å². The zero-order valence-electron chi connectivity index (χ0n) is 11.4. The van der Waals surface area contributed by atoms with Gasteiger partial charge in [0.05, 0.1) is 24.7 Å². The molecule has 2 saturated heterocycles. The van der Waals surface area contributed by atoms with E-state index in [2.05, 4.69) is 17.1 Å². The van der Waals surface area contributed by atoms with Crippen molar-refractivity contribution in [2.24, 2.45) is 5.92 Å². The van der Waals surface area contributed by atoms with Gasteiger partial charge in [0, 0.05) is 13.1 Å². The minimum absolute atomic E-state index is 0. The van der Waals surface area contributed by atoms with Crippen LogP contribution in [0.3, 0.4) is 0 Å². The number of ether oxygens (including phenoxy) is 1. The lowest BCUT2D eigenvalue weighted by Crippen LogP contribution is -2.54. The molecule has 0 saturated carbocycles. The van der Waals surface area contributed by atoms with Crippen molar-refractivity contribution in [2.75, 3.05) is 26.2 Å². The maximum atomic E-state index is 12.5. The molecule has 0 aliphatic carbocycles. The molecule has 18 heavy (non-hydrogen) atoms. The predicted molar refractivity (Wildman–Crippen MR) is 74.0 cm³/mol. The molecular weight excluding hydrogens is 252 g/mol. The van der Waals surface area contributed by atoms with Crippen molar-refractivity contribution in [1.29, 1.82) is 0 Å². The minimum atomic E-state index is 0. The molecule has 3 atom stereocenters. The Labute approximate surface area is 116 Å². The van der Waals surface area contributed by atoms with Crippen LogP contribution in [0.4, 0.5) is 0 Å². The van der Waals surface area contributed by atoms with Gasteiger partial charge in [-0.15, -0.1) is 12.4 Å². The molecule has 2 fully saturated rings. The highest BCUT2D eigenvalue weighted by atomic mass is 35.5. The summed E-state index contributed by atoms with van der Waals surface area (Å²) in [5.41, 5.74) is 0. The van der Waals surface area contributed by atoms with Gasteiger partial charge in [-0.2, -0.15) is 0 Å². The summed E-state index contributed by atoms with van der Waals surface area (Å²) in [6.45, 7) is 7.54. The van der Waals surface area contributed by atoms with Crippen molar-refractivity contribution in [1.82, 2.24) is 10.2 Å². The van der Waals surface area contributed by atoms with Crippen molar-refractivity contribution in [3.63, 3.8) is 0 Å². The summed E-state index contributed by atoms with van der Waals surface area (Å²) in [4.78, 5) is 14.6. The molecule has 2 rings (SSSR count). The van der Waals surface area contributed by atoms with Crippen LogP contribution in [0.5, 0.6) is 0 Å². The van der Waals surface area contributed by atoms with E-state index >= 15 is 0 Å². The second-order valence-electron chi connectivity index (χ2n) is 5.24. The van der Waals surface area contributed by atoms with E-state index in [1.54, 1.807) is 0 Å². The van der Waals surface area contributed by atoms with Crippen LogP contribution in [0.15, 0.2) is 0 Å². The molecule has 2 aliphatic heterocycles. The lowest BCUT2D eigenvalue weighted by atomic mass is 9.96. The number of carbonyl (C=O) groups excluding carboxylic acids is 1. The van der Waals surface area contributed by atoms with Gasteiger partial charge in [-0.05, 0) is 32.7 Å². The number of carbonyl (C=O) groups is 1. The summed E-state index contributed by atoms with van der Waals surface area (Å²) < 4.78 is 5.64. The number of hydrogen-bond donors (Lipinski definition) is 1. The second-order valence-corrected chi connectivity index (χ2v) is 5.24. The fraction of sp³-hybridized carbons (Fsp3) is 0.923. The smallest absolute Gasteiger partial charge is 0.227 e. The standard InChI is InChI=1S/C13H24N2O2.ClH/c1-3-12-9-17-10(2)8-15(12)13(16)11-5-4-6-14-7-11;/h10-12,14H,3-9H2,1-2H3;1H/t10?,11-,12?;/m1./s1. The van der Waals surface area contributed by atoms with Gasteiger partial charge in [0.2, 0.25) is 5.91 Å². The predicted octanol–water partition coefficient (Wildman–Crippen LogP) is 1.43. The number of hydrogen-bond acceptors (Lipinski definition) is 3. The molecule has 0 radical (unpaired) electrons. The van der Waals surface area contributed by atoms with Crippen LogP contribution < -0.4 is 5.32 Å². The van der Waals surface area contributed by atoms with Crippen LogP contribution in [-0.2, 0) is 9.53 Å². The second kappa shape index (κ2) is 7.31. The van der Waals surface area contributed by atoms with E-state index in [0.717, 1.165) is 38.9 Å². The molecule has 0 spiro atoms. The van der Waals surface area contributed by atoms with E-state index in [-0.39, 0.29) is 30.5 Å². The summed E-state index contributed by atoms with van der Waals surface area (Å²) in [6.07, 6.45) is 3.32. The fourth-order valence-corrected chi connectivity index (χ4v) is 2.75. The van der Waals surface area contributed by atoms with Crippen molar-refractivity contribution in [3.8, 4) is 0 Å². The molecule has 2 heterocycles. The zero-order valence-corrected chi connectivity index (χ0v) is 12.2. The van der Waals surface area contributed by atoms with Gasteiger partial charge in [0.25, 0.3) is 0 Å². The number of morpholine rings is 1. The third-order valence-corrected chi connectivity index (χ3v) is 3.87. The largest absolute Gasteiger partial charge is 0.375 e. The molecular formula is C13H25ClN2O2. The number of nitrogens with one attached hydrogen (secondary N) is 1. The third kappa shape index (κ3) is 3.59. The summed E-state index contributed by atoms with van der Waals surface area (Å²) in [7, 11) is 0. The molecule has 2 aliphatic rings. The Kier molecular flexibility index (Phi) is 6.39. The average Bonchev–Trinajstić information content (AvgIpc) is 2.39. The molecule has 5 heteroatoms. The Morgan fingerprint density at radius 1 is 1.50 bits per heavy atom. The number of piperidine rings is 1. The number of halogens is 1. The highest BCUT2D eigenvalue weighted by Crippen LogP contribution is 2.20. The quantitative estimate of drug-likeness (QED) is 0.830. The SMILES string of the molecule is CCC1COC(C)CN1C(=O)[C@@H]1CCCNC1.Cl. The highest BCUT2D eigenvalue weighted by Gasteiger charge is 2.33. The average molecular weight is 277 g/mol. The van der Waals surface area contributed by atoms with Crippen molar-refractivity contribution < 1.29 is 9.53 Å². The van der Waals surface area contributed by atoms with E-state index in [1.165, 1.54) is 0 Å². The van der Waals surface area contributed by atoms with Crippen LogP contribution >= 0.6 is 12.4 Å². The van der Waals surface area contributed by atoms with Crippen LogP contribution in [0, 0.1) is 5.92 Å². The van der Waals surface area contributed by atoms with Gasteiger partial charge in [-0.3, -0.25) is 4.79 Å².